The first-order valence-corrected chi connectivity index (χ1v) is 5.79. The van der Waals surface area contributed by atoms with E-state index in [9.17, 15) is 9.59 Å². The topological polar surface area (TPSA) is 83.6 Å². The van der Waals surface area contributed by atoms with Gasteiger partial charge in [0.25, 0.3) is 0 Å². The number of carboxylic acids is 1. The lowest BCUT2D eigenvalue weighted by molar-refractivity contribution is -0.146. The first-order chi connectivity index (χ1) is 7.58. The van der Waals surface area contributed by atoms with E-state index in [-0.39, 0.29) is 24.9 Å². The fourth-order valence-electron chi connectivity index (χ4n) is 1.71. The molecule has 0 aromatic rings. The summed E-state index contributed by atoms with van der Waals surface area (Å²) in [5, 5.41) is 8.77. The van der Waals surface area contributed by atoms with E-state index in [1.54, 1.807) is 0 Å². The maximum absolute atomic E-state index is 12.0. The maximum atomic E-state index is 12.0. The second-order valence-electron chi connectivity index (χ2n) is 4.40. The van der Waals surface area contributed by atoms with Crippen LogP contribution in [-0.2, 0) is 9.59 Å². The van der Waals surface area contributed by atoms with Gasteiger partial charge in [-0.15, -0.1) is 0 Å². The average molecular weight is 228 g/mol. The number of nitrogens with zero attached hydrogens (tertiary/aromatic N) is 1. The van der Waals surface area contributed by atoms with Crippen molar-refractivity contribution in [3.05, 3.63) is 0 Å². The monoisotopic (exact) mass is 228 g/mol. The van der Waals surface area contributed by atoms with Gasteiger partial charge in [0.15, 0.2) is 0 Å². The molecular weight excluding hydrogens is 208 g/mol. The van der Waals surface area contributed by atoms with Crippen molar-refractivity contribution in [1.82, 2.24) is 4.90 Å². The van der Waals surface area contributed by atoms with Gasteiger partial charge in [0, 0.05) is 13.1 Å². The van der Waals surface area contributed by atoms with Gasteiger partial charge in [-0.05, 0) is 25.2 Å². The molecule has 3 N–H and O–H groups in total. The van der Waals surface area contributed by atoms with Crippen LogP contribution in [-0.4, -0.2) is 41.5 Å². The predicted octanol–water partition coefficient (Wildman–Crippen LogP) is 0.294. The average Bonchev–Trinajstić information content (AvgIpc) is 3.01. The molecule has 5 nitrogen and oxygen atoms in total. The normalized spacial score (nSPS) is 16.9. The van der Waals surface area contributed by atoms with Gasteiger partial charge in [-0.25, -0.2) is 0 Å². The molecule has 1 amide bonds. The number of carboxylic acid groups (broad SMARTS) is 1. The molecule has 1 aliphatic carbocycles. The summed E-state index contributed by atoms with van der Waals surface area (Å²) in [6.07, 6.45) is 2.86. The van der Waals surface area contributed by atoms with Crippen LogP contribution in [0.1, 0.15) is 26.2 Å². The Labute approximate surface area is 95.6 Å². The highest BCUT2D eigenvalue weighted by Gasteiger charge is 2.30. The Kier molecular flexibility index (Phi) is 4.73. The molecule has 0 saturated heterocycles. The minimum absolute atomic E-state index is 0.112. The molecule has 5 heteroatoms. The van der Waals surface area contributed by atoms with Crippen LogP contribution in [0.4, 0.5) is 0 Å². The smallest absolute Gasteiger partial charge is 0.323 e. The summed E-state index contributed by atoms with van der Waals surface area (Å²) in [4.78, 5) is 24.1. The van der Waals surface area contributed by atoms with E-state index < -0.39 is 5.97 Å². The third kappa shape index (κ3) is 3.81. The van der Waals surface area contributed by atoms with Crippen LogP contribution in [0.25, 0.3) is 0 Å². The van der Waals surface area contributed by atoms with E-state index in [2.05, 4.69) is 0 Å². The lowest BCUT2D eigenvalue weighted by atomic mass is 10.1. The standard InChI is InChI=1S/C11H20N2O3/c1-2-9(5-12)11(16)13(7-10(14)15)6-8-3-4-8/h8-9H,2-7,12H2,1H3,(H,14,15). The zero-order valence-electron chi connectivity index (χ0n) is 9.69. The Balaban J connectivity index is 2.57. The molecular formula is C11H20N2O3. The highest BCUT2D eigenvalue weighted by Crippen LogP contribution is 2.30. The Bertz CT molecular complexity index is 260. The zero-order valence-corrected chi connectivity index (χ0v) is 9.69. The Morgan fingerprint density at radius 3 is 2.50 bits per heavy atom. The second kappa shape index (κ2) is 5.84. The fourth-order valence-corrected chi connectivity index (χ4v) is 1.71. The van der Waals surface area contributed by atoms with Crippen molar-refractivity contribution in [1.29, 1.82) is 0 Å². The second-order valence-corrected chi connectivity index (χ2v) is 4.40. The zero-order chi connectivity index (χ0) is 12.1. The summed E-state index contributed by atoms with van der Waals surface area (Å²) in [7, 11) is 0. The number of rotatable bonds is 7. The number of carbonyl (C=O) groups is 2. The van der Waals surface area contributed by atoms with E-state index in [0.29, 0.717) is 18.9 Å². The van der Waals surface area contributed by atoms with Crippen molar-refractivity contribution in [2.75, 3.05) is 19.6 Å². The molecule has 0 aliphatic heterocycles. The summed E-state index contributed by atoms with van der Waals surface area (Å²) >= 11 is 0. The summed E-state index contributed by atoms with van der Waals surface area (Å²) in [5.74, 6) is -0.808. The molecule has 1 saturated carbocycles. The largest absolute Gasteiger partial charge is 0.480 e. The molecule has 1 rings (SSSR count). The van der Waals surface area contributed by atoms with Crippen molar-refractivity contribution in [3.63, 3.8) is 0 Å². The van der Waals surface area contributed by atoms with E-state index in [1.807, 2.05) is 6.92 Å². The Hall–Kier alpha value is -1.10. The minimum Gasteiger partial charge on any atom is -0.480 e. The number of nitrogens with two attached hydrogens (primary N) is 1. The number of carbonyl (C=O) groups excluding carboxylic acids is 1. The highest BCUT2D eigenvalue weighted by atomic mass is 16.4. The molecule has 0 bridgehead atoms. The Morgan fingerprint density at radius 1 is 1.50 bits per heavy atom. The number of aliphatic carboxylic acids is 1. The van der Waals surface area contributed by atoms with Crippen LogP contribution in [0.2, 0.25) is 0 Å². The first kappa shape index (κ1) is 13.0. The van der Waals surface area contributed by atoms with Crippen LogP contribution in [0, 0.1) is 11.8 Å². The predicted molar refractivity (Wildman–Crippen MR) is 59.8 cm³/mol. The highest BCUT2D eigenvalue weighted by molar-refractivity contribution is 5.83. The van der Waals surface area contributed by atoms with Gasteiger partial charge in [0.1, 0.15) is 6.54 Å². The van der Waals surface area contributed by atoms with Gasteiger partial charge in [0.2, 0.25) is 5.91 Å². The van der Waals surface area contributed by atoms with Crippen molar-refractivity contribution < 1.29 is 14.7 Å². The van der Waals surface area contributed by atoms with Crippen LogP contribution in [0.5, 0.6) is 0 Å². The van der Waals surface area contributed by atoms with Crippen LogP contribution < -0.4 is 5.73 Å². The van der Waals surface area contributed by atoms with Gasteiger partial charge < -0.3 is 15.7 Å². The van der Waals surface area contributed by atoms with E-state index in [0.717, 1.165) is 12.8 Å². The lowest BCUT2D eigenvalue weighted by Gasteiger charge is -2.24. The molecule has 0 radical (unpaired) electrons. The van der Waals surface area contributed by atoms with E-state index in [4.69, 9.17) is 10.8 Å². The molecule has 92 valence electrons. The van der Waals surface area contributed by atoms with Crippen molar-refractivity contribution in [3.8, 4) is 0 Å². The van der Waals surface area contributed by atoms with Crippen LogP contribution >= 0.6 is 0 Å². The molecule has 0 spiro atoms. The first-order valence-electron chi connectivity index (χ1n) is 5.79. The molecule has 16 heavy (non-hydrogen) atoms. The van der Waals surface area contributed by atoms with E-state index >= 15 is 0 Å². The SMILES string of the molecule is CCC(CN)C(=O)N(CC(=O)O)CC1CC1. The maximum Gasteiger partial charge on any atom is 0.323 e. The Morgan fingerprint density at radius 2 is 2.12 bits per heavy atom. The van der Waals surface area contributed by atoms with E-state index in [1.165, 1.54) is 4.90 Å². The quantitative estimate of drug-likeness (QED) is 0.656. The number of amides is 1. The van der Waals surface area contributed by atoms with Gasteiger partial charge in [-0.2, -0.15) is 0 Å². The lowest BCUT2D eigenvalue weighted by Crippen LogP contribution is -2.42. The van der Waals surface area contributed by atoms with Crippen LogP contribution in [0.3, 0.4) is 0 Å². The summed E-state index contributed by atoms with van der Waals surface area (Å²) in [6, 6.07) is 0. The molecule has 1 unspecified atom stereocenters. The third-order valence-corrected chi connectivity index (χ3v) is 2.94. The fraction of sp³-hybridized carbons (Fsp3) is 0.818. The summed E-state index contributed by atoms with van der Waals surface area (Å²) < 4.78 is 0. The molecule has 0 aromatic carbocycles. The van der Waals surface area contributed by atoms with Gasteiger partial charge in [0.05, 0.1) is 5.92 Å². The third-order valence-electron chi connectivity index (χ3n) is 2.94. The summed E-state index contributed by atoms with van der Waals surface area (Å²) in [5.41, 5.74) is 5.50. The molecule has 0 aromatic heterocycles. The molecule has 1 aliphatic rings. The molecule has 0 heterocycles. The van der Waals surface area contributed by atoms with Crippen molar-refractivity contribution in [2.24, 2.45) is 17.6 Å². The van der Waals surface area contributed by atoms with Gasteiger partial charge >= 0.3 is 5.97 Å². The van der Waals surface area contributed by atoms with Crippen LogP contribution in [0.15, 0.2) is 0 Å². The number of hydrogen-bond donors (Lipinski definition) is 2. The minimum atomic E-state index is -0.958. The van der Waals surface area contributed by atoms with Gasteiger partial charge in [-0.3, -0.25) is 9.59 Å². The number of hydrogen-bond acceptors (Lipinski definition) is 3. The molecule has 1 atom stereocenters. The summed E-state index contributed by atoms with van der Waals surface area (Å²) in [6.45, 7) is 2.55. The van der Waals surface area contributed by atoms with Crippen molar-refractivity contribution >= 4 is 11.9 Å². The van der Waals surface area contributed by atoms with Gasteiger partial charge in [-0.1, -0.05) is 6.92 Å². The molecule has 1 fully saturated rings. The van der Waals surface area contributed by atoms with Crippen molar-refractivity contribution in [2.45, 2.75) is 26.2 Å².